The lowest BCUT2D eigenvalue weighted by Crippen LogP contribution is -2.42. The molecule has 4 aromatic heterocycles. The van der Waals surface area contributed by atoms with Crippen molar-refractivity contribution in [3.8, 4) is 11.1 Å². The minimum absolute atomic E-state index is 0.0237. The molecule has 1 N–H and O–H groups in total. The summed E-state index contributed by atoms with van der Waals surface area (Å²) in [4.78, 5) is 22.7. The number of fused-ring (bicyclic) bond motifs is 1. The number of furan rings is 1. The molecule has 1 saturated heterocycles. The molecule has 0 unspecified atom stereocenters. The number of carbonyl (C=O) groups excluding carboxylic acids is 1. The van der Waals surface area contributed by atoms with Crippen molar-refractivity contribution in [2.75, 3.05) is 18.4 Å². The minimum atomic E-state index is -4.54. The van der Waals surface area contributed by atoms with E-state index in [1.54, 1.807) is 23.2 Å². The molecule has 5 heterocycles. The fourth-order valence-electron chi connectivity index (χ4n) is 3.99. The number of halogens is 3. The second kappa shape index (κ2) is 8.51. The largest absolute Gasteiger partial charge is 0.459 e. The maximum Gasteiger partial charge on any atom is 0.433 e. The first-order valence-corrected chi connectivity index (χ1v) is 11.3. The van der Waals surface area contributed by atoms with E-state index in [1.807, 2.05) is 16.8 Å². The molecule has 0 aliphatic carbocycles. The Hall–Kier alpha value is -3.40. The van der Waals surface area contributed by atoms with E-state index < -0.39 is 11.9 Å². The number of likely N-dealkylation sites (tertiary alicyclic amines) is 1. The van der Waals surface area contributed by atoms with Crippen LogP contribution in [0.1, 0.15) is 29.1 Å². The molecule has 1 aliphatic heterocycles. The molecule has 0 spiro atoms. The van der Waals surface area contributed by atoms with Gasteiger partial charge in [-0.2, -0.15) is 24.5 Å². The zero-order chi connectivity index (χ0) is 23.0. The summed E-state index contributed by atoms with van der Waals surface area (Å²) in [5.74, 6) is 0.650. The number of thiophene rings is 1. The Balaban J connectivity index is 1.40. The zero-order valence-electron chi connectivity index (χ0n) is 17.3. The number of rotatable bonds is 4. The van der Waals surface area contributed by atoms with Crippen molar-refractivity contribution < 1.29 is 22.4 Å². The second-order valence-electron chi connectivity index (χ2n) is 7.81. The molecule has 0 radical (unpaired) electrons. The van der Waals surface area contributed by atoms with E-state index in [1.165, 1.54) is 23.7 Å². The van der Waals surface area contributed by atoms with Crippen molar-refractivity contribution in [2.24, 2.45) is 0 Å². The molecule has 0 atom stereocenters. The highest BCUT2D eigenvalue weighted by atomic mass is 32.1. The Morgan fingerprint density at radius 3 is 2.67 bits per heavy atom. The van der Waals surface area contributed by atoms with E-state index in [0.29, 0.717) is 48.5 Å². The number of nitrogens with zero attached hydrogens (tertiary/aromatic N) is 3. The van der Waals surface area contributed by atoms with Crippen LogP contribution in [-0.2, 0) is 6.18 Å². The molecular formula is C23H19F3N4O2S. The number of pyridine rings is 2. The number of alkyl halides is 3. The minimum Gasteiger partial charge on any atom is -0.459 e. The molecule has 0 bridgehead atoms. The lowest BCUT2D eigenvalue weighted by atomic mass is 10.0. The Bertz CT molecular complexity index is 1270. The third-order valence-electron chi connectivity index (χ3n) is 5.71. The van der Waals surface area contributed by atoms with Crippen LogP contribution in [-0.4, -0.2) is 39.9 Å². The maximum atomic E-state index is 13.3. The number of amides is 1. The van der Waals surface area contributed by atoms with Gasteiger partial charge in [0.1, 0.15) is 11.5 Å². The van der Waals surface area contributed by atoms with Gasteiger partial charge in [-0.3, -0.25) is 4.79 Å². The van der Waals surface area contributed by atoms with Crippen LogP contribution in [0.15, 0.2) is 58.0 Å². The zero-order valence-corrected chi connectivity index (χ0v) is 18.1. The quantitative estimate of drug-likeness (QED) is 0.413. The molecule has 6 nitrogen and oxygen atoms in total. The topological polar surface area (TPSA) is 71.3 Å². The van der Waals surface area contributed by atoms with E-state index >= 15 is 0 Å². The van der Waals surface area contributed by atoms with Crippen molar-refractivity contribution in [3.63, 3.8) is 0 Å². The molecule has 0 saturated carbocycles. The Morgan fingerprint density at radius 1 is 1.18 bits per heavy atom. The van der Waals surface area contributed by atoms with Crippen LogP contribution in [0.4, 0.5) is 19.0 Å². The normalized spacial score (nSPS) is 15.2. The Morgan fingerprint density at radius 2 is 2.00 bits per heavy atom. The van der Waals surface area contributed by atoms with E-state index in [0.717, 1.165) is 11.6 Å². The van der Waals surface area contributed by atoms with E-state index in [9.17, 15) is 18.0 Å². The van der Waals surface area contributed by atoms with Gasteiger partial charge in [-0.05, 0) is 59.5 Å². The van der Waals surface area contributed by atoms with Crippen LogP contribution in [0, 0.1) is 0 Å². The van der Waals surface area contributed by atoms with Crippen LogP contribution in [0.3, 0.4) is 0 Å². The monoisotopic (exact) mass is 472 g/mol. The average molecular weight is 472 g/mol. The predicted octanol–water partition coefficient (Wildman–Crippen LogP) is 5.69. The summed E-state index contributed by atoms with van der Waals surface area (Å²) in [6.07, 6.45) is -0.151. The molecule has 4 aromatic rings. The van der Waals surface area contributed by atoms with Crippen molar-refractivity contribution in [2.45, 2.75) is 25.1 Å². The number of aromatic nitrogens is 2. The molecule has 10 heteroatoms. The standard InChI is InChI=1S/C23H19F3N4O2S/c24-23(25,26)19-4-3-16-20(29-19)17(14-7-11-33-13-14)12-27-21(16)28-15-5-8-30(9-6-15)22(31)18-2-1-10-32-18/h1-4,7,10-13,15H,5-6,8-9H2,(H,27,28). The van der Waals surface area contributed by atoms with Gasteiger partial charge in [0.25, 0.3) is 5.91 Å². The van der Waals surface area contributed by atoms with Crippen LogP contribution in [0.2, 0.25) is 0 Å². The van der Waals surface area contributed by atoms with Crippen LogP contribution >= 0.6 is 11.3 Å². The van der Waals surface area contributed by atoms with Crippen LogP contribution in [0.5, 0.6) is 0 Å². The number of hydrogen-bond acceptors (Lipinski definition) is 6. The van der Waals surface area contributed by atoms with Gasteiger partial charge in [-0.25, -0.2) is 9.97 Å². The first kappa shape index (κ1) is 21.4. The summed E-state index contributed by atoms with van der Waals surface area (Å²) < 4.78 is 45.2. The highest BCUT2D eigenvalue weighted by molar-refractivity contribution is 7.08. The Kier molecular flexibility index (Phi) is 5.53. The predicted molar refractivity (Wildman–Crippen MR) is 119 cm³/mol. The fraction of sp³-hybridized carbons (Fsp3) is 0.261. The average Bonchev–Trinajstić information content (AvgIpc) is 3.53. The van der Waals surface area contributed by atoms with Crippen molar-refractivity contribution >= 4 is 34.0 Å². The number of anilines is 1. The molecule has 170 valence electrons. The van der Waals surface area contributed by atoms with E-state index in [2.05, 4.69) is 15.3 Å². The van der Waals surface area contributed by atoms with Gasteiger partial charge >= 0.3 is 6.18 Å². The number of hydrogen-bond donors (Lipinski definition) is 1. The summed E-state index contributed by atoms with van der Waals surface area (Å²) in [6, 6.07) is 7.58. The van der Waals surface area contributed by atoms with E-state index in [4.69, 9.17) is 4.42 Å². The highest BCUT2D eigenvalue weighted by Gasteiger charge is 2.33. The smallest absolute Gasteiger partial charge is 0.433 e. The van der Waals surface area contributed by atoms with Crippen molar-refractivity contribution in [3.05, 3.63) is 65.0 Å². The summed E-state index contributed by atoms with van der Waals surface area (Å²) in [5.41, 5.74) is 0.655. The SMILES string of the molecule is O=C(c1ccco1)N1CCC(Nc2ncc(-c3ccsc3)c3nc(C(F)(F)F)ccc23)CC1. The number of piperidine rings is 1. The van der Waals surface area contributed by atoms with Gasteiger partial charge < -0.3 is 14.6 Å². The van der Waals surface area contributed by atoms with Gasteiger partial charge in [0.2, 0.25) is 0 Å². The Labute approximate surface area is 191 Å². The summed E-state index contributed by atoms with van der Waals surface area (Å²) >= 11 is 1.45. The van der Waals surface area contributed by atoms with Gasteiger partial charge in [-0.15, -0.1) is 0 Å². The fourth-order valence-corrected chi connectivity index (χ4v) is 4.65. The lowest BCUT2D eigenvalue weighted by Gasteiger charge is -2.32. The first-order chi connectivity index (χ1) is 15.9. The first-order valence-electron chi connectivity index (χ1n) is 10.4. The maximum absolute atomic E-state index is 13.3. The summed E-state index contributed by atoms with van der Waals surface area (Å²) in [6.45, 7) is 1.08. The van der Waals surface area contributed by atoms with Crippen molar-refractivity contribution in [1.82, 2.24) is 14.9 Å². The highest BCUT2D eigenvalue weighted by Crippen LogP contribution is 2.35. The van der Waals surface area contributed by atoms with Gasteiger partial charge in [0, 0.05) is 36.3 Å². The van der Waals surface area contributed by atoms with Gasteiger partial charge in [-0.1, -0.05) is 0 Å². The molecule has 0 aromatic carbocycles. The van der Waals surface area contributed by atoms with Crippen LogP contribution < -0.4 is 5.32 Å². The van der Waals surface area contributed by atoms with Gasteiger partial charge in [0.05, 0.1) is 11.8 Å². The lowest BCUT2D eigenvalue weighted by molar-refractivity contribution is -0.140. The molecule has 1 amide bonds. The third-order valence-corrected chi connectivity index (χ3v) is 6.39. The van der Waals surface area contributed by atoms with Crippen molar-refractivity contribution in [1.29, 1.82) is 0 Å². The summed E-state index contributed by atoms with van der Waals surface area (Å²) in [5, 5.41) is 7.60. The molecule has 1 aliphatic rings. The third kappa shape index (κ3) is 4.30. The van der Waals surface area contributed by atoms with E-state index in [-0.39, 0.29) is 17.5 Å². The summed E-state index contributed by atoms with van der Waals surface area (Å²) in [7, 11) is 0. The number of carbonyl (C=O) groups is 1. The molecular weight excluding hydrogens is 453 g/mol. The molecule has 5 rings (SSSR count). The second-order valence-corrected chi connectivity index (χ2v) is 8.59. The number of nitrogens with one attached hydrogen (secondary N) is 1. The van der Waals surface area contributed by atoms with Gasteiger partial charge in [0.15, 0.2) is 5.76 Å². The van der Waals surface area contributed by atoms with Crippen LogP contribution in [0.25, 0.3) is 22.0 Å². The molecule has 1 fully saturated rings. The molecule has 33 heavy (non-hydrogen) atoms.